The highest BCUT2D eigenvalue weighted by Gasteiger charge is 2.18. The maximum Gasteiger partial charge on any atom is 0.216 e. The van der Waals surface area contributed by atoms with Crippen molar-refractivity contribution in [3.63, 3.8) is 0 Å². The number of benzene rings is 1. The molecule has 0 amide bonds. The molecule has 2 aromatic rings. The van der Waals surface area contributed by atoms with Gasteiger partial charge in [0.2, 0.25) is 10.0 Å². The molecule has 0 radical (unpaired) electrons. The minimum Gasteiger partial charge on any atom is -0.468 e. The van der Waals surface area contributed by atoms with Crippen LogP contribution in [0.25, 0.3) is 0 Å². The van der Waals surface area contributed by atoms with E-state index >= 15 is 0 Å². The number of sulfonamides is 1. The zero-order valence-electron chi connectivity index (χ0n) is 11.1. The molecule has 2 rings (SSSR count). The van der Waals surface area contributed by atoms with Gasteiger partial charge in [-0.15, -0.1) is 0 Å². The Labute approximate surface area is 118 Å². The van der Waals surface area contributed by atoms with Crippen molar-refractivity contribution in [2.45, 2.75) is 25.3 Å². The lowest BCUT2D eigenvalue weighted by Gasteiger charge is -2.12. The van der Waals surface area contributed by atoms with Gasteiger partial charge in [0.15, 0.2) is 0 Å². The van der Waals surface area contributed by atoms with Crippen LogP contribution in [0.5, 0.6) is 0 Å². The van der Waals surface area contributed by atoms with Gasteiger partial charge in [-0.05, 0) is 30.2 Å². The molecule has 5 nitrogen and oxygen atoms in total. The van der Waals surface area contributed by atoms with E-state index in [1.807, 2.05) is 0 Å². The summed E-state index contributed by atoms with van der Waals surface area (Å²) in [6.45, 7) is 1.62. The predicted molar refractivity (Wildman–Crippen MR) is 75.2 cm³/mol. The summed E-state index contributed by atoms with van der Waals surface area (Å²) in [4.78, 5) is 0. The highest BCUT2D eigenvalue weighted by atomic mass is 32.2. The molecule has 108 valence electrons. The van der Waals surface area contributed by atoms with Crippen molar-refractivity contribution >= 4 is 10.0 Å². The first-order valence-corrected chi connectivity index (χ1v) is 7.87. The third kappa shape index (κ3) is 3.93. The van der Waals surface area contributed by atoms with Crippen molar-refractivity contribution in [2.75, 3.05) is 0 Å². The van der Waals surface area contributed by atoms with Crippen LogP contribution in [0.15, 0.2) is 47.1 Å². The Hall–Kier alpha value is -1.63. The van der Waals surface area contributed by atoms with E-state index in [4.69, 9.17) is 9.52 Å². The summed E-state index contributed by atoms with van der Waals surface area (Å²) >= 11 is 0. The SMILES string of the molecule is CC(NS(=O)(=O)Cc1cccc(CO)c1)c1ccco1. The van der Waals surface area contributed by atoms with Gasteiger partial charge in [0.1, 0.15) is 5.76 Å². The number of rotatable bonds is 6. The number of aliphatic hydroxyl groups is 1. The van der Waals surface area contributed by atoms with E-state index in [1.54, 1.807) is 43.3 Å². The summed E-state index contributed by atoms with van der Waals surface area (Å²) in [6, 6.07) is 9.88. The summed E-state index contributed by atoms with van der Waals surface area (Å²) in [5.41, 5.74) is 1.33. The second kappa shape index (κ2) is 6.21. The summed E-state index contributed by atoms with van der Waals surface area (Å²) in [7, 11) is -3.48. The van der Waals surface area contributed by atoms with Crippen LogP contribution in [0.4, 0.5) is 0 Å². The van der Waals surface area contributed by atoms with Crippen molar-refractivity contribution in [1.29, 1.82) is 0 Å². The molecule has 0 aliphatic heterocycles. The Morgan fingerprint density at radius 1 is 1.25 bits per heavy atom. The number of nitrogens with one attached hydrogen (secondary N) is 1. The van der Waals surface area contributed by atoms with Crippen molar-refractivity contribution in [3.8, 4) is 0 Å². The van der Waals surface area contributed by atoms with E-state index in [9.17, 15) is 8.42 Å². The van der Waals surface area contributed by atoms with E-state index in [0.717, 1.165) is 0 Å². The number of hydrogen-bond donors (Lipinski definition) is 2. The summed E-state index contributed by atoms with van der Waals surface area (Å²) in [5.74, 6) is 0.434. The molecule has 1 aromatic carbocycles. The van der Waals surface area contributed by atoms with Crippen molar-refractivity contribution in [1.82, 2.24) is 4.72 Å². The molecule has 20 heavy (non-hydrogen) atoms. The van der Waals surface area contributed by atoms with Crippen LogP contribution in [0.3, 0.4) is 0 Å². The van der Waals surface area contributed by atoms with Crippen molar-refractivity contribution < 1.29 is 17.9 Å². The molecule has 0 spiro atoms. The monoisotopic (exact) mass is 295 g/mol. The molecule has 0 aliphatic carbocycles. The summed E-state index contributed by atoms with van der Waals surface area (Å²) < 4.78 is 31.9. The molecule has 0 aliphatic rings. The van der Waals surface area contributed by atoms with E-state index in [0.29, 0.717) is 16.9 Å². The van der Waals surface area contributed by atoms with Crippen LogP contribution < -0.4 is 4.72 Å². The lowest BCUT2D eigenvalue weighted by Crippen LogP contribution is -2.27. The minimum atomic E-state index is -3.48. The van der Waals surface area contributed by atoms with E-state index in [1.165, 1.54) is 6.26 Å². The molecule has 0 saturated carbocycles. The first-order chi connectivity index (χ1) is 9.50. The predicted octanol–water partition coefficient (Wildman–Crippen LogP) is 1.95. The molecule has 2 N–H and O–H groups in total. The van der Waals surface area contributed by atoms with Crippen LogP contribution in [0.2, 0.25) is 0 Å². The number of aliphatic hydroxyl groups excluding tert-OH is 1. The molecular formula is C14H17NO4S. The number of hydrogen-bond acceptors (Lipinski definition) is 4. The molecule has 1 aromatic heterocycles. The summed E-state index contributed by atoms with van der Waals surface area (Å²) in [6.07, 6.45) is 1.50. The lowest BCUT2D eigenvalue weighted by molar-refractivity contribution is 0.282. The van der Waals surface area contributed by atoms with Gasteiger partial charge in [-0.25, -0.2) is 13.1 Å². The van der Waals surface area contributed by atoms with Gasteiger partial charge in [0.25, 0.3) is 0 Å². The molecule has 1 atom stereocenters. The highest BCUT2D eigenvalue weighted by molar-refractivity contribution is 7.88. The van der Waals surface area contributed by atoms with Gasteiger partial charge in [-0.3, -0.25) is 0 Å². The average Bonchev–Trinajstić information content (AvgIpc) is 2.91. The maximum absolute atomic E-state index is 12.1. The average molecular weight is 295 g/mol. The first kappa shape index (κ1) is 14.8. The molecule has 0 bridgehead atoms. The Morgan fingerprint density at radius 3 is 2.65 bits per heavy atom. The van der Waals surface area contributed by atoms with Gasteiger partial charge in [0, 0.05) is 0 Å². The quantitative estimate of drug-likeness (QED) is 0.853. The largest absolute Gasteiger partial charge is 0.468 e. The second-order valence-corrected chi connectivity index (χ2v) is 6.35. The van der Waals surface area contributed by atoms with E-state index in [-0.39, 0.29) is 12.4 Å². The third-order valence-electron chi connectivity index (χ3n) is 2.86. The zero-order valence-corrected chi connectivity index (χ0v) is 11.9. The first-order valence-electron chi connectivity index (χ1n) is 6.22. The number of furan rings is 1. The van der Waals surface area contributed by atoms with E-state index in [2.05, 4.69) is 4.72 Å². The van der Waals surface area contributed by atoms with Gasteiger partial charge < -0.3 is 9.52 Å². The lowest BCUT2D eigenvalue weighted by atomic mass is 10.1. The summed E-state index contributed by atoms with van der Waals surface area (Å²) in [5, 5.41) is 9.05. The fraction of sp³-hybridized carbons (Fsp3) is 0.286. The second-order valence-electron chi connectivity index (χ2n) is 4.59. The maximum atomic E-state index is 12.1. The molecule has 6 heteroatoms. The fourth-order valence-electron chi connectivity index (χ4n) is 1.94. The van der Waals surface area contributed by atoms with Gasteiger partial charge >= 0.3 is 0 Å². The Kier molecular flexibility index (Phi) is 4.59. The normalized spacial score (nSPS) is 13.3. The van der Waals surface area contributed by atoms with Crippen molar-refractivity contribution in [3.05, 3.63) is 59.5 Å². The Balaban J connectivity index is 2.07. The van der Waals surface area contributed by atoms with Crippen LogP contribution in [0.1, 0.15) is 29.9 Å². The van der Waals surface area contributed by atoms with Gasteiger partial charge in [-0.1, -0.05) is 24.3 Å². The molecule has 1 unspecified atom stereocenters. The fourth-order valence-corrected chi connectivity index (χ4v) is 3.30. The molecule has 0 fully saturated rings. The van der Waals surface area contributed by atoms with Crippen molar-refractivity contribution in [2.24, 2.45) is 0 Å². The van der Waals surface area contributed by atoms with Gasteiger partial charge in [-0.2, -0.15) is 0 Å². The van der Waals surface area contributed by atoms with Crippen LogP contribution in [0, 0.1) is 0 Å². The standard InChI is InChI=1S/C14H17NO4S/c1-11(14-6-3-7-19-14)15-20(17,18)10-13-5-2-4-12(8-13)9-16/h2-8,11,15-16H,9-10H2,1H3. The third-order valence-corrected chi connectivity index (χ3v) is 4.28. The molecule has 1 heterocycles. The zero-order chi connectivity index (χ0) is 14.6. The van der Waals surface area contributed by atoms with E-state index < -0.39 is 16.1 Å². The minimum absolute atomic E-state index is 0.107. The van der Waals surface area contributed by atoms with Crippen LogP contribution in [-0.2, 0) is 22.4 Å². The van der Waals surface area contributed by atoms with Crippen LogP contribution in [-0.4, -0.2) is 13.5 Å². The smallest absolute Gasteiger partial charge is 0.216 e. The van der Waals surface area contributed by atoms with Crippen LogP contribution >= 0.6 is 0 Å². The molecule has 0 saturated heterocycles. The highest BCUT2D eigenvalue weighted by Crippen LogP contribution is 2.15. The van der Waals surface area contributed by atoms with Gasteiger partial charge in [0.05, 0.1) is 24.7 Å². The molecular weight excluding hydrogens is 278 g/mol. The topological polar surface area (TPSA) is 79.5 Å². The Morgan fingerprint density at radius 2 is 2.00 bits per heavy atom. The Bertz CT molecular complexity index is 650.